The SMILES string of the molecule is O=S(=O)(O)O.[H-].[Na+]. The van der Waals surface area contributed by atoms with Crippen molar-refractivity contribution >= 4 is 10.4 Å². The van der Waals surface area contributed by atoms with Gasteiger partial charge in [0.1, 0.15) is 0 Å². The van der Waals surface area contributed by atoms with E-state index in [9.17, 15) is 0 Å². The molecular weight excluding hydrogens is 119 g/mol. The van der Waals surface area contributed by atoms with E-state index in [1.807, 2.05) is 0 Å². The van der Waals surface area contributed by atoms with E-state index in [0.717, 1.165) is 0 Å². The largest absolute Gasteiger partial charge is 1.00 e. The summed E-state index contributed by atoms with van der Waals surface area (Å²) in [6, 6.07) is 0. The van der Waals surface area contributed by atoms with E-state index >= 15 is 0 Å². The molecule has 2 N–H and O–H groups in total. The molecule has 0 fully saturated rings. The Balaban J connectivity index is -0.0000000800. The zero-order valence-electron chi connectivity index (χ0n) is 4.12. The second kappa shape index (κ2) is 2.95. The molecule has 0 atom stereocenters. The molecule has 0 heterocycles. The van der Waals surface area contributed by atoms with Crippen LogP contribution in [-0.2, 0) is 10.4 Å². The normalized spacial score (nSPS) is 9.67. The molecule has 0 aromatic heterocycles. The van der Waals surface area contributed by atoms with Gasteiger partial charge in [-0.25, -0.2) is 0 Å². The van der Waals surface area contributed by atoms with Crippen molar-refractivity contribution in [2.45, 2.75) is 0 Å². The van der Waals surface area contributed by atoms with E-state index in [0.29, 0.717) is 0 Å². The van der Waals surface area contributed by atoms with Gasteiger partial charge in [0.05, 0.1) is 0 Å². The van der Waals surface area contributed by atoms with Crippen LogP contribution < -0.4 is 29.6 Å². The van der Waals surface area contributed by atoms with Crippen molar-refractivity contribution in [3.05, 3.63) is 0 Å². The van der Waals surface area contributed by atoms with Gasteiger partial charge in [-0.1, -0.05) is 0 Å². The summed E-state index contributed by atoms with van der Waals surface area (Å²) in [6.07, 6.45) is 0. The first-order valence-electron chi connectivity index (χ1n) is 0.698. The first-order chi connectivity index (χ1) is 2.00. The Bertz CT molecular complexity index is 94.9. The predicted molar refractivity (Wildman–Crippen MR) is 15.3 cm³/mol. The first-order valence-corrected chi connectivity index (χ1v) is 2.10. The zero-order valence-corrected chi connectivity index (χ0v) is 5.94. The molecule has 0 radical (unpaired) electrons. The fourth-order valence-electron chi connectivity index (χ4n) is 0. The molecule has 0 aromatic rings. The summed E-state index contributed by atoms with van der Waals surface area (Å²) < 4.78 is 31.6. The van der Waals surface area contributed by atoms with Gasteiger partial charge in [-0.05, 0) is 0 Å². The van der Waals surface area contributed by atoms with Crippen molar-refractivity contribution in [1.82, 2.24) is 0 Å². The average molecular weight is 122 g/mol. The summed E-state index contributed by atoms with van der Waals surface area (Å²) in [5, 5.41) is 0. The minimum atomic E-state index is -4.67. The maximum Gasteiger partial charge on any atom is 1.00 e. The number of rotatable bonds is 0. The molecule has 0 saturated carbocycles. The fraction of sp³-hybridized carbons (Fsp3) is 0. The summed E-state index contributed by atoms with van der Waals surface area (Å²) in [5.74, 6) is 0. The van der Waals surface area contributed by atoms with Crippen molar-refractivity contribution in [2.75, 3.05) is 0 Å². The van der Waals surface area contributed by atoms with E-state index in [1.54, 1.807) is 0 Å². The summed E-state index contributed by atoms with van der Waals surface area (Å²) >= 11 is 0. The quantitative estimate of drug-likeness (QED) is 0.258. The van der Waals surface area contributed by atoms with Gasteiger partial charge < -0.3 is 1.43 Å². The fourth-order valence-corrected chi connectivity index (χ4v) is 0. The minimum absolute atomic E-state index is 0. The maximum atomic E-state index is 8.74. The maximum absolute atomic E-state index is 8.74. The Hall–Kier alpha value is 0.870. The second-order valence-corrected chi connectivity index (χ2v) is 1.34. The summed E-state index contributed by atoms with van der Waals surface area (Å²) in [5.41, 5.74) is 0. The molecule has 0 rings (SSSR count). The Morgan fingerprint density at radius 1 is 1.33 bits per heavy atom. The van der Waals surface area contributed by atoms with Gasteiger partial charge in [0.15, 0.2) is 0 Å². The summed E-state index contributed by atoms with van der Waals surface area (Å²) in [4.78, 5) is 0. The van der Waals surface area contributed by atoms with Crippen molar-refractivity contribution < 1.29 is 48.5 Å². The van der Waals surface area contributed by atoms with Crippen molar-refractivity contribution in [2.24, 2.45) is 0 Å². The molecular formula is H3NaO4S. The molecule has 6 heavy (non-hydrogen) atoms. The van der Waals surface area contributed by atoms with E-state index < -0.39 is 10.4 Å². The Morgan fingerprint density at radius 2 is 1.33 bits per heavy atom. The predicted octanol–water partition coefficient (Wildman–Crippen LogP) is -3.54. The van der Waals surface area contributed by atoms with Crippen LogP contribution in [0.1, 0.15) is 1.43 Å². The first kappa shape index (κ1) is 9.98. The standard InChI is InChI=1S/Na.H2O4S.H/c;1-5(2,3)4;/h;(H2,1,2,3,4);/q+1;;-1. The van der Waals surface area contributed by atoms with Crippen LogP contribution in [0.4, 0.5) is 0 Å². The third-order valence-electron chi connectivity index (χ3n) is 0. The zero-order chi connectivity index (χ0) is 4.50. The van der Waals surface area contributed by atoms with Crippen molar-refractivity contribution in [3.63, 3.8) is 0 Å². The average Bonchev–Trinajstić information content (AvgIpc) is 0.722. The van der Waals surface area contributed by atoms with Crippen molar-refractivity contribution in [3.8, 4) is 0 Å². The van der Waals surface area contributed by atoms with Gasteiger partial charge in [0, 0.05) is 0 Å². The molecule has 0 aliphatic rings. The molecule has 0 saturated heterocycles. The monoisotopic (exact) mass is 122 g/mol. The Labute approximate surface area is 58.9 Å². The Kier molecular flexibility index (Phi) is 4.91. The molecule has 0 amide bonds. The third-order valence-corrected chi connectivity index (χ3v) is 0. The molecule has 6 heteroatoms. The number of hydrogen-bond acceptors (Lipinski definition) is 2. The van der Waals surface area contributed by atoms with Gasteiger partial charge >= 0.3 is 40.0 Å². The molecule has 0 spiro atoms. The van der Waals surface area contributed by atoms with Crippen LogP contribution in [-0.4, -0.2) is 17.5 Å². The molecule has 0 aromatic carbocycles. The van der Waals surface area contributed by atoms with Gasteiger partial charge in [-0.2, -0.15) is 8.42 Å². The van der Waals surface area contributed by atoms with Crippen LogP contribution in [0.3, 0.4) is 0 Å². The van der Waals surface area contributed by atoms with E-state index in [4.69, 9.17) is 17.5 Å². The Morgan fingerprint density at radius 3 is 1.33 bits per heavy atom. The van der Waals surface area contributed by atoms with Crippen LogP contribution in [0.15, 0.2) is 0 Å². The van der Waals surface area contributed by atoms with Gasteiger partial charge in [-0.3, -0.25) is 9.11 Å². The van der Waals surface area contributed by atoms with Crippen LogP contribution in [0, 0.1) is 0 Å². The van der Waals surface area contributed by atoms with Crippen LogP contribution in [0.2, 0.25) is 0 Å². The molecule has 0 aliphatic heterocycles. The van der Waals surface area contributed by atoms with Crippen LogP contribution in [0.25, 0.3) is 0 Å². The van der Waals surface area contributed by atoms with Gasteiger partial charge in [0.25, 0.3) is 0 Å². The van der Waals surface area contributed by atoms with Gasteiger partial charge in [0.2, 0.25) is 0 Å². The van der Waals surface area contributed by atoms with Crippen LogP contribution in [0.5, 0.6) is 0 Å². The molecule has 0 aliphatic carbocycles. The molecule has 0 unspecified atom stereocenters. The van der Waals surface area contributed by atoms with Crippen molar-refractivity contribution in [1.29, 1.82) is 0 Å². The third kappa shape index (κ3) is 96.4. The van der Waals surface area contributed by atoms with Crippen LogP contribution >= 0.6 is 0 Å². The summed E-state index contributed by atoms with van der Waals surface area (Å²) in [6.45, 7) is 0. The topological polar surface area (TPSA) is 74.6 Å². The second-order valence-electron chi connectivity index (χ2n) is 0.448. The van der Waals surface area contributed by atoms with E-state index in [1.165, 1.54) is 0 Å². The molecule has 34 valence electrons. The molecule has 0 bridgehead atoms. The number of hydrogen-bond donors (Lipinski definition) is 2. The molecule has 4 nitrogen and oxygen atoms in total. The van der Waals surface area contributed by atoms with E-state index in [-0.39, 0.29) is 31.0 Å². The van der Waals surface area contributed by atoms with E-state index in [2.05, 4.69) is 0 Å². The smallest absolute Gasteiger partial charge is 1.00 e. The summed E-state index contributed by atoms with van der Waals surface area (Å²) in [7, 11) is -4.67. The van der Waals surface area contributed by atoms with Gasteiger partial charge in [-0.15, -0.1) is 0 Å². The minimum Gasteiger partial charge on any atom is -1.00 e.